The van der Waals surface area contributed by atoms with Crippen molar-refractivity contribution in [3.8, 4) is 0 Å². The van der Waals surface area contributed by atoms with Crippen LogP contribution in [0.5, 0.6) is 0 Å². The third kappa shape index (κ3) is 3.02. The lowest BCUT2D eigenvalue weighted by Gasteiger charge is -2.21. The number of nitrogens with one attached hydrogen (secondary N) is 1. The van der Waals surface area contributed by atoms with Crippen LogP contribution < -0.4 is 5.32 Å². The molecule has 0 radical (unpaired) electrons. The molecule has 0 bridgehead atoms. The van der Waals surface area contributed by atoms with Gasteiger partial charge in [-0.1, -0.05) is 11.3 Å². The standard InChI is InChI=1S/C13H12N2O5S/c16-11(9-6-19-3-4-20-9)15-13-14-8-2-1-7(12(17)18)5-10(8)21-13/h1-2,5,9H,3-4,6H2,(H,17,18)(H,14,15,16). The van der Waals surface area contributed by atoms with Crippen molar-refractivity contribution in [2.75, 3.05) is 25.1 Å². The second-order valence-corrected chi connectivity index (χ2v) is 5.46. The summed E-state index contributed by atoms with van der Waals surface area (Å²) >= 11 is 1.22. The van der Waals surface area contributed by atoms with Gasteiger partial charge in [-0.3, -0.25) is 10.1 Å². The fourth-order valence-electron chi connectivity index (χ4n) is 1.94. The summed E-state index contributed by atoms with van der Waals surface area (Å²) in [6.45, 7) is 1.10. The molecule has 1 aliphatic rings. The molecule has 7 nitrogen and oxygen atoms in total. The van der Waals surface area contributed by atoms with Crippen molar-refractivity contribution in [1.82, 2.24) is 4.98 Å². The van der Waals surface area contributed by atoms with Gasteiger partial charge in [0.25, 0.3) is 5.91 Å². The smallest absolute Gasteiger partial charge is 0.335 e. The highest BCUT2D eigenvalue weighted by Gasteiger charge is 2.23. The number of carbonyl (C=O) groups excluding carboxylic acids is 1. The lowest BCUT2D eigenvalue weighted by atomic mass is 10.2. The van der Waals surface area contributed by atoms with E-state index >= 15 is 0 Å². The van der Waals surface area contributed by atoms with Gasteiger partial charge in [0.1, 0.15) is 0 Å². The highest BCUT2D eigenvalue weighted by Crippen LogP contribution is 2.27. The molecule has 1 aromatic heterocycles. The molecule has 2 aromatic rings. The number of anilines is 1. The van der Waals surface area contributed by atoms with E-state index in [-0.39, 0.29) is 18.1 Å². The van der Waals surface area contributed by atoms with Gasteiger partial charge in [-0.25, -0.2) is 9.78 Å². The van der Waals surface area contributed by atoms with Crippen molar-refractivity contribution in [1.29, 1.82) is 0 Å². The molecule has 1 aromatic carbocycles. The molecule has 21 heavy (non-hydrogen) atoms. The Labute approximate surface area is 123 Å². The average Bonchev–Trinajstić information content (AvgIpc) is 2.89. The maximum absolute atomic E-state index is 12.0. The minimum absolute atomic E-state index is 0.188. The Morgan fingerprint density at radius 3 is 2.95 bits per heavy atom. The van der Waals surface area contributed by atoms with E-state index < -0.39 is 12.1 Å². The van der Waals surface area contributed by atoms with Gasteiger partial charge in [0.05, 0.1) is 35.6 Å². The number of nitrogens with zero attached hydrogens (tertiary/aromatic N) is 1. The monoisotopic (exact) mass is 308 g/mol. The number of ether oxygens (including phenoxy) is 2. The van der Waals surface area contributed by atoms with E-state index in [2.05, 4.69) is 10.3 Å². The summed E-state index contributed by atoms with van der Waals surface area (Å²) in [5.74, 6) is -1.31. The van der Waals surface area contributed by atoms with Crippen molar-refractivity contribution in [2.24, 2.45) is 0 Å². The van der Waals surface area contributed by atoms with E-state index in [1.54, 1.807) is 6.07 Å². The number of rotatable bonds is 3. The number of hydrogen-bond acceptors (Lipinski definition) is 6. The lowest BCUT2D eigenvalue weighted by molar-refractivity contribution is -0.142. The summed E-state index contributed by atoms with van der Waals surface area (Å²) in [4.78, 5) is 27.1. The predicted molar refractivity (Wildman–Crippen MR) is 75.8 cm³/mol. The average molecular weight is 308 g/mol. The van der Waals surface area contributed by atoms with E-state index in [0.717, 1.165) is 0 Å². The van der Waals surface area contributed by atoms with Gasteiger partial charge in [0.2, 0.25) is 0 Å². The summed E-state index contributed by atoms with van der Waals surface area (Å²) in [7, 11) is 0. The van der Waals surface area contributed by atoms with Crippen LogP contribution in [0, 0.1) is 0 Å². The molecule has 1 fully saturated rings. The van der Waals surface area contributed by atoms with Crippen LogP contribution in [0.25, 0.3) is 10.2 Å². The largest absolute Gasteiger partial charge is 0.478 e. The van der Waals surface area contributed by atoms with Crippen LogP contribution in [0.2, 0.25) is 0 Å². The summed E-state index contributed by atoms with van der Waals surface area (Å²) < 4.78 is 11.2. The lowest BCUT2D eigenvalue weighted by Crippen LogP contribution is -2.39. The van der Waals surface area contributed by atoms with Crippen LogP contribution in [0.4, 0.5) is 5.13 Å². The number of thiazole rings is 1. The molecule has 110 valence electrons. The SMILES string of the molecule is O=C(O)c1ccc2nc(NC(=O)C3COCCO3)sc2c1. The van der Waals surface area contributed by atoms with Gasteiger partial charge in [0.15, 0.2) is 11.2 Å². The van der Waals surface area contributed by atoms with E-state index in [0.29, 0.717) is 28.6 Å². The Balaban J connectivity index is 1.77. The van der Waals surface area contributed by atoms with Crippen LogP contribution in [-0.4, -0.2) is 47.9 Å². The topological polar surface area (TPSA) is 97.8 Å². The molecule has 3 rings (SSSR count). The van der Waals surface area contributed by atoms with Gasteiger partial charge < -0.3 is 14.6 Å². The summed E-state index contributed by atoms with van der Waals surface area (Å²) in [6, 6.07) is 4.63. The van der Waals surface area contributed by atoms with E-state index in [1.807, 2.05) is 0 Å². The molecule has 0 spiro atoms. The highest BCUT2D eigenvalue weighted by molar-refractivity contribution is 7.22. The quantitative estimate of drug-likeness (QED) is 0.888. The van der Waals surface area contributed by atoms with E-state index in [4.69, 9.17) is 14.6 Å². The number of hydrogen-bond donors (Lipinski definition) is 2. The number of aromatic carboxylic acids is 1. The van der Waals surface area contributed by atoms with Crippen molar-refractivity contribution >= 4 is 38.6 Å². The Hall–Kier alpha value is -2.03. The molecule has 1 aliphatic heterocycles. The first kappa shape index (κ1) is 13.9. The third-order valence-corrected chi connectivity index (χ3v) is 3.91. The normalized spacial score (nSPS) is 18.6. The number of carboxylic acid groups (broad SMARTS) is 1. The van der Waals surface area contributed by atoms with Crippen LogP contribution >= 0.6 is 11.3 Å². The first-order chi connectivity index (χ1) is 10.1. The van der Waals surface area contributed by atoms with Crippen LogP contribution in [0.1, 0.15) is 10.4 Å². The molecule has 1 saturated heterocycles. The number of carbonyl (C=O) groups is 2. The minimum Gasteiger partial charge on any atom is -0.478 e. The predicted octanol–water partition coefficient (Wildman–Crippen LogP) is 1.35. The van der Waals surface area contributed by atoms with Gasteiger partial charge in [0, 0.05) is 0 Å². The molecule has 8 heteroatoms. The van der Waals surface area contributed by atoms with Crippen molar-refractivity contribution in [3.05, 3.63) is 23.8 Å². The zero-order chi connectivity index (χ0) is 14.8. The summed E-state index contributed by atoms with van der Waals surface area (Å²) in [5, 5.41) is 12.0. The minimum atomic E-state index is -0.997. The van der Waals surface area contributed by atoms with E-state index in [9.17, 15) is 9.59 Å². The zero-order valence-corrected chi connectivity index (χ0v) is 11.7. The van der Waals surface area contributed by atoms with Crippen molar-refractivity contribution in [3.63, 3.8) is 0 Å². The number of aromatic nitrogens is 1. The molecule has 1 atom stereocenters. The zero-order valence-electron chi connectivity index (χ0n) is 10.9. The Morgan fingerprint density at radius 2 is 2.24 bits per heavy atom. The fraction of sp³-hybridized carbons (Fsp3) is 0.308. The number of benzene rings is 1. The molecule has 1 unspecified atom stereocenters. The van der Waals surface area contributed by atoms with Gasteiger partial charge in [-0.2, -0.15) is 0 Å². The second-order valence-electron chi connectivity index (χ2n) is 4.43. The molecular weight excluding hydrogens is 296 g/mol. The molecule has 2 heterocycles. The van der Waals surface area contributed by atoms with Crippen LogP contribution in [-0.2, 0) is 14.3 Å². The number of amides is 1. The Morgan fingerprint density at radius 1 is 1.38 bits per heavy atom. The molecule has 2 N–H and O–H groups in total. The van der Waals surface area contributed by atoms with Gasteiger partial charge in [-0.15, -0.1) is 0 Å². The molecule has 0 aliphatic carbocycles. The fourth-order valence-corrected chi connectivity index (χ4v) is 2.84. The Kier molecular flexibility index (Phi) is 3.82. The first-order valence-corrected chi connectivity index (χ1v) is 7.09. The third-order valence-electron chi connectivity index (χ3n) is 2.97. The van der Waals surface area contributed by atoms with Crippen molar-refractivity contribution in [2.45, 2.75) is 6.10 Å². The Bertz CT molecular complexity index is 693. The van der Waals surface area contributed by atoms with Crippen molar-refractivity contribution < 1.29 is 24.2 Å². The van der Waals surface area contributed by atoms with E-state index in [1.165, 1.54) is 23.5 Å². The van der Waals surface area contributed by atoms with Gasteiger partial charge >= 0.3 is 5.97 Å². The summed E-state index contributed by atoms with van der Waals surface area (Å²) in [5.41, 5.74) is 0.828. The first-order valence-electron chi connectivity index (χ1n) is 6.27. The highest BCUT2D eigenvalue weighted by atomic mass is 32.1. The maximum atomic E-state index is 12.0. The second kappa shape index (κ2) is 5.76. The summed E-state index contributed by atoms with van der Waals surface area (Å²) in [6.07, 6.45) is -0.639. The molecule has 1 amide bonds. The number of fused-ring (bicyclic) bond motifs is 1. The van der Waals surface area contributed by atoms with Crippen LogP contribution in [0.15, 0.2) is 18.2 Å². The molecular formula is C13H12N2O5S. The van der Waals surface area contributed by atoms with Gasteiger partial charge in [-0.05, 0) is 18.2 Å². The molecule has 0 saturated carbocycles. The number of carboxylic acids is 1. The maximum Gasteiger partial charge on any atom is 0.335 e. The van der Waals surface area contributed by atoms with Crippen LogP contribution in [0.3, 0.4) is 0 Å².